The van der Waals surface area contributed by atoms with E-state index in [-0.39, 0.29) is 5.56 Å². The van der Waals surface area contributed by atoms with Crippen LogP contribution in [0.2, 0.25) is 0 Å². The molecule has 8 heteroatoms. The van der Waals surface area contributed by atoms with E-state index < -0.39 is 35.8 Å². The topological polar surface area (TPSA) is 62.3 Å². The largest absolute Gasteiger partial charge is 0.416 e. The minimum Gasteiger partial charge on any atom is -0.319 e. The number of amides is 3. The summed E-state index contributed by atoms with van der Waals surface area (Å²) in [6, 6.07) is 7.37. The van der Waals surface area contributed by atoms with E-state index in [0.29, 0.717) is 5.56 Å². The van der Waals surface area contributed by atoms with Crippen LogP contribution < -0.4 is 5.32 Å². The van der Waals surface area contributed by atoms with Crippen LogP contribution in [0, 0.1) is 0 Å². The summed E-state index contributed by atoms with van der Waals surface area (Å²) in [7, 11) is 0. The highest BCUT2D eigenvalue weighted by atomic mass is 19.4. The Morgan fingerprint density at radius 1 is 1.16 bits per heavy atom. The van der Waals surface area contributed by atoms with Crippen LogP contribution in [0.1, 0.15) is 23.6 Å². The zero-order valence-electron chi connectivity index (χ0n) is 13.2. The molecular formula is C17H14F3N3O2. The zero-order chi connectivity index (χ0) is 18.2. The molecule has 0 bridgehead atoms. The van der Waals surface area contributed by atoms with Gasteiger partial charge in [0.25, 0.3) is 5.91 Å². The van der Waals surface area contributed by atoms with Gasteiger partial charge in [0.15, 0.2) is 0 Å². The third-order valence-electron chi connectivity index (χ3n) is 4.17. The number of hydrogen-bond donors (Lipinski definition) is 1. The smallest absolute Gasteiger partial charge is 0.319 e. The number of imide groups is 1. The lowest BCUT2D eigenvalue weighted by atomic mass is 9.93. The first-order chi connectivity index (χ1) is 11.7. The molecule has 1 atom stereocenters. The fourth-order valence-corrected chi connectivity index (χ4v) is 2.80. The Bertz CT molecular complexity index is 823. The van der Waals surface area contributed by atoms with Crippen molar-refractivity contribution < 1.29 is 22.8 Å². The first-order valence-corrected chi connectivity index (χ1v) is 7.43. The summed E-state index contributed by atoms with van der Waals surface area (Å²) in [4.78, 5) is 29.7. The lowest BCUT2D eigenvalue weighted by Crippen LogP contribution is -2.40. The van der Waals surface area contributed by atoms with Crippen LogP contribution in [0.3, 0.4) is 0 Å². The maximum atomic E-state index is 13.1. The molecule has 0 aliphatic carbocycles. The molecule has 1 unspecified atom stereocenters. The highest BCUT2D eigenvalue weighted by Gasteiger charge is 2.49. The van der Waals surface area contributed by atoms with E-state index >= 15 is 0 Å². The number of nitrogens with one attached hydrogen (secondary N) is 1. The summed E-state index contributed by atoms with van der Waals surface area (Å²) in [5, 5.41) is 2.54. The van der Waals surface area contributed by atoms with Gasteiger partial charge in [0.05, 0.1) is 12.1 Å². The van der Waals surface area contributed by atoms with Crippen molar-refractivity contribution in [1.29, 1.82) is 0 Å². The van der Waals surface area contributed by atoms with E-state index in [4.69, 9.17) is 0 Å². The fourth-order valence-electron chi connectivity index (χ4n) is 2.80. The first-order valence-electron chi connectivity index (χ1n) is 7.43. The average Bonchev–Trinajstić information content (AvgIpc) is 2.79. The number of alkyl halides is 3. The van der Waals surface area contributed by atoms with Crippen molar-refractivity contribution in [3.8, 4) is 0 Å². The van der Waals surface area contributed by atoms with Crippen LogP contribution in [0.15, 0.2) is 48.8 Å². The summed E-state index contributed by atoms with van der Waals surface area (Å²) in [5.74, 6) is -0.623. The van der Waals surface area contributed by atoms with Gasteiger partial charge in [-0.05, 0) is 24.6 Å². The van der Waals surface area contributed by atoms with Gasteiger partial charge in [0.2, 0.25) is 0 Å². The van der Waals surface area contributed by atoms with Crippen molar-refractivity contribution in [1.82, 2.24) is 15.2 Å². The van der Waals surface area contributed by atoms with Gasteiger partial charge in [0.1, 0.15) is 5.54 Å². The number of aromatic nitrogens is 1. The summed E-state index contributed by atoms with van der Waals surface area (Å²) in [5.41, 5.74) is -1.92. The Labute approximate surface area is 141 Å². The molecule has 0 radical (unpaired) electrons. The van der Waals surface area contributed by atoms with E-state index in [1.165, 1.54) is 37.5 Å². The summed E-state index contributed by atoms with van der Waals surface area (Å²) in [6.07, 6.45) is -1.61. The van der Waals surface area contributed by atoms with Crippen molar-refractivity contribution in [3.63, 3.8) is 0 Å². The lowest BCUT2D eigenvalue weighted by molar-refractivity contribution is -0.139. The van der Waals surface area contributed by atoms with Crippen LogP contribution >= 0.6 is 0 Å². The third-order valence-corrected chi connectivity index (χ3v) is 4.17. The number of benzene rings is 1. The van der Waals surface area contributed by atoms with Crippen molar-refractivity contribution in [3.05, 3.63) is 65.5 Å². The molecule has 3 amide bonds. The number of nitrogens with zero attached hydrogens (tertiary/aromatic N) is 2. The minimum absolute atomic E-state index is 0.145. The summed E-state index contributed by atoms with van der Waals surface area (Å²) in [6.45, 7) is 1.04. The standard InChI is InChI=1S/C17H14F3N3O2/c1-16(12-6-4-8-21-9-12)14(24)23(15(25)22-16)10-11-5-2-3-7-13(11)17(18,19)20/h2-9H,10H2,1H3,(H,22,25). The molecule has 1 fully saturated rings. The number of pyridine rings is 1. The van der Waals surface area contributed by atoms with Gasteiger partial charge in [-0.15, -0.1) is 0 Å². The number of halogens is 3. The predicted octanol–water partition coefficient (Wildman–Crippen LogP) is 3.07. The van der Waals surface area contributed by atoms with Crippen molar-refractivity contribution >= 4 is 11.9 Å². The molecule has 1 saturated heterocycles. The molecule has 3 rings (SSSR count). The Morgan fingerprint density at radius 2 is 1.88 bits per heavy atom. The molecule has 1 N–H and O–H groups in total. The quantitative estimate of drug-likeness (QED) is 0.867. The molecule has 0 spiro atoms. The third kappa shape index (κ3) is 2.95. The molecule has 130 valence electrons. The van der Waals surface area contributed by atoms with Crippen LogP contribution in [0.5, 0.6) is 0 Å². The van der Waals surface area contributed by atoms with Crippen LogP contribution in [0.25, 0.3) is 0 Å². The highest BCUT2D eigenvalue weighted by molar-refractivity contribution is 6.07. The van der Waals surface area contributed by atoms with Crippen LogP contribution in [-0.4, -0.2) is 21.8 Å². The SMILES string of the molecule is CC1(c2cccnc2)NC(=O)N(Cc2ccccc2C(F)(F)F)C1=O. The number of hydrogen-bond acceptors (Lipinski definition) is 3. The maximum absolute atomic E-state index is 13.1. The minimum atomic E-state index is -4.57. The lowest BCUT2D eigenvalue weighted by Gasteiger charge is -2.22. The van der Waals surface area contributed by atoms with E-state index in [1.54, 1.807) is 12.1 Å². The van der Waals surface area contributed by atoms with Gasteiger partial charge in [0, 0.05) is 18.0 Å². The zero-order valence-corrected chi connectivity index (χ0v) is 13.2. The van der Waals surface area contributed by atoms with E-state index in [9.17, 15) is 22.8 Å². The fraction of sp³-hybridized carbons (Fsp3) is 0.235. The molecule has 2 heterocycles. The van der Waals surface area contributed by atoms with Gasteiger partial charge in [-0.2, -0.15) is 13.2 Å². The maximum Gasteiger partial charge on any atom is 0.416 e. The van der Waals surface area contributed by atoms with Gasteiger partial charge in [-0.3, -0.25) is 14.7 Å². The number of urea groups is 1. The predicted molar refractivity (Wildman–Crippen MR) is 82.1 cm³/mol. The molecular weight excluding hydrogens is 335 g/mol. The van der Waals surface area contributed by atoms with Crippen molar-refractivity contribution in [2.45, 2.75) is 25.2 Å². The Kier molecular flexibility index (Phi) is 3.98. The molecule has 2 aromatic rings. The molecule has 25 heavy (non-hydrogen) atoms. The molecule has 0 saturated carbocycles. The Morgan fingerprint density at radius 3 is 2.52 bits per heavy atom. The van der Waals surface area contributed by atoms with E-state index in [1.807, 2.05) is 0 Å². The molecule has 1 aliphatic rings. The second-order valence-corrected chi connectivity index (χ2v) is 5.84. The Hall–Kier alpha value is -2.90. The van der Waals surface area contributed by atoms with Gasteiger partial charge < -0.3 is 5.32 Å². The van der Waals surface area contributed by atoms with Gasteiger partial charge >= 0.3 is 12.2 Å². The molecule has 1 aromatic heterocycles. The van der Waals surface area contributed by atoms with Crippen LogP contribution in [0.4, 0.5) is 18.0 Å². The van der Waals surface area contributed by atoms with Crippen LogP contribution in [-0.2, 0) is 23.1 Å². The monoisotopic (exact) mass is 349 g/mol. The summed E-state index contributed by atoms with van der Waals surface area (Å²) >= 11 is 0. The average molecular weight is 349 g/mol. The van der Waals surface area contributed by atoms with Crippen molar-refractivity contribution in [2.75, 3.05) is 0 Å². The number of carbonyl (C=O) groups is 2. The Balaban J connectivity index is 1.93. The normalized spacial score (nSPS) is 20.7. The second-order valence-electron chi connectivity index (χ2n) is 5.84. The van der Waals surface area contributed by atoms with E-state index in [0.717, 1.165) is 11.0 Å². The first kappa shape index (κ1) is 16.9. The second kappa shape index (κ2) is 5.87. The molecule has 1 aromatic carbocycles. The number of carbonyl (C=O) groups excluding carboxylic acids is 2. The molecule has 1 aliphatic heterocycles. The number of rotatable bonds is 3. The van der Waals surface area contributed by atoms with Gasteiger partial charge in [-0.1, -0.05) is 24.3 Å². The molecule has 5 nitrogen and oxygen atoms in total. The van der Waals surface area contributed by atoms with Gasteiger partial charge in [-0.25, -0.2) is 4.79 Å². The van der Waals surface area contributed by atoms with Crippen molar-refractivity contribution in [2.24, 2.45) is 0 Å². The van der Waals surface area contributed by atoms with E-state index in [2.05, 4.69) is 10.3 Å². The summed E-state index contributed by atoms with van der Waals surface area (Å²) < 4.78 is 39.4. The highest BCUT2D eigenvalue weighted by Crippen LogP contribution is 2.34.